The topological polar surface area (TPSA) is 64.7 Å². The Morgan fingerprint density at radius 2 is 1.89 bits per heavy atom. The van der Waals surface area contributed by atoms with Crippen molar-refractivity contribution >= 4 is 11.6 Å². The van der Waals surface area contributed by atoms with Gasteiger partial charge in [0.05, 0.1) is 22.6 Å². The highest BCUT2D eigenvalue weighted by molar-refractivity contribution is 6.05. The van der Waals surface area contributed by atoms with Crippen LogP contribution in [-0.2, 0) is 7.05 Å². The highest BCUT2D eigenvalue weighted by Crippen LogP contribution is 2.33. The number of aromatic nitrogens is 4. The number of carbonyl (C=O) groups excluding carboxylic acids is 1. The van der Waals surface area contributed by atoms with E-state index in [2.05, 4.69) is 15.5 Å². The molecule has 0 unspecified atom stereocenters. The third-order valence-corrected chi connectivity index (χ3v) is 5.45. The molecule has 0 saturated heterocycles. The average molecular weight is 377 g/mol. The first kappa shape index (κ1) is 18.5. The van der Waals surface area contributed by atoms with Crippen LogP contribution in [0.3, 0.4) is 0 Å². The van der Waals surface area contributed by atoms with Crippen LogP contribution in [0.2, 0.25) is 0 Å². The van der Waals surface area contributed by atoms with Gasteiger partial charge in [0, 0.05) is 30.5 Å². The number of nitrogens with zero attached hydrogens (tertiary/aromatic N) is 4. The molecule has 146 valence electrons. The Hall–Kier alpha value is -2.89. The van der Waals surface area contributed by atoms with E-state index in [9.17, 15) is 4.79 Å². The van der Waals surface area contributed by atoms with E-state index in [-0.39, 0.29) is 5.91 Å². The van der Waals surface area contributed by atoms with Crippen molar-refractivity contribution in [3.8, 4) is 5.69 Å². The van der Waals surface area contributed by atoms with Crippen LogP contribution in [0, 0.1) is 13.8 Å². The molecule has 3 aromatic rings. The Morgan fingerprint density at radius 3 is 2.61 bits per heavy atom. The van der Waals surface area contributed by atoms with Crippen molar-refractivity contribution < 1.29 is 4.79 Å². The quantitative estimate of drug-likeness (QED) is 0.727. The smallest absolute Gasteiger partial charge is 0.259 e. The lowest BCUT2D eigenvalue weighted by molar-refractivity contribution is 0.102. The van der Waals surface area contributed by atoms with Crippen LogP contribution in [0.1, 0.15) is 65.5 Å². The fourth-order valence-corrected chi connectivity index (χ4v) is 4.16. The second-order valence-electron chi connectivity index (χ2n) is 7.78. The minimum Gasteiger partial charge on any atom is -0.322 e. The third kappa shape index (κ3) is 3.72. The Labute approximate surface area is 165 Å². The van der Waals surface area contributed by atoms with Crippen molar-refractivity contribution in [3.05, 3.63) is 59.2 Å². The lowest BCUT2D eigenvalue weighted by atomic mass is 9.85. The Bertz CT molecular complexity index is 994. The molecule has 0 aliphatic heterocycles. The van der Waals surface area contributed by atoms with Crippen molar-refractivity contribution in [2.75, 3.05) is 5.32 Å². The van der Waals surface area contributed by atoms with Gasteiger partial charge >= 0.3 is 0 Å². The summed E-state index contributed by atoms with van der Waals surface area (Å²) in [5.41, 5.74) is 5.35. The summed E-state index contributed by atoms with van der Waals surface area (Å²) in [7, 11) is 1.88. The first-order valence-corrected chi connectivity index (χ1v) is 10.00. The standard InChI is InChI=1S/C22H27N5O/c1-15-12-16(2)27(24-15)19-11-7-10-18(13-19)23-22(28)20-14-26(3)25-21(20)17-8-5-4-6-9-17/h7,10-14,17H,4-6,8-9H2,1-3H3,(H,23,28). The Balaban J connectivity index is 1.58. The zero-order valence-corrected chi connectivity index (χ0v) is 16.8. The molecule has 28 heavy (non-hydrogen) atoms. The summed E-state index contributed by atoms with van der Waals surface area (Å²) in [6.45, 7) is 4.00. The monoisotopic (exact) mass is 377 g/mol. The molecule has 2 aromatic heterocycles. The van der Waals surface area contributed by atoms with E-state index in [4.69, 9.17) is 0 Å². The zero-order valence-electron chi connectivity index (χ0n) is 16.8. The molecule has 4 rings (SSSR count). The van der Waals surface area contributed by atoms with Gasteiger partial charge in [-0.15, -0.1) is 0 Å². The van der Waals surface area contributed by atoms with Gasteiger partial charge in [0.15, 0.2) is 0 Å². The van der Waals surface area contributed by atoms with E-state index in [0.29, 0.717) is 11.5 Å². The summed E-state index contributed by atoms with van der Waals surface area (Å²) in [6, 6.07) is 9.83. The van der Waals surface area contributed by atoms with Crippen molar-refractivity contribution in [1.29, 1.82) is 0 Å². The Morgan fingerprint density at radius 1 is 1.11 bits per heavy atom. The minimum absolute atomic E-state index is 0.0980. The van der Waals surface area contributed by atoms with E-state index < -0.39 is 0 Å². The van der Waals surface area contributed by atoms with E-state index >= 15 is 0 Å². The second-order valence-corrected chi connectivity index (χ2v) is 7.78. The minimum atomic E-state index is -0.0980. The van der Waals surface area contributed by atoms with Crippen LogP contribution in [0.25, 0.3) is 5.69 Å². The van der Waals surface area contributed by atoms with Gasteiger partial charge in [-0.05, 0) is 51.0 Å². The number of carbonyl (C=O) groups is 1. The normalized spacial score (nSPS) is 15.0. The molecule has 6 nitrogen and oxygen atoms in total. The number of aryl methyl sites for hydroxylation is 3. The van der Waals surface area contributed by atoms with Crippen LogP contribution in [0.4, 0.5) is 5.69 Å². The van der Waals surface area contributed by atoms with Crippen LogP contribution >= 0.6 is 0 Å². The molecular weight excluding hydrogens is 350 g/mol. The molecule has 1 aliphatic rings. The van der Waals surface area contributed by atoms with E-state index in [1.165, 1.54) is 19.3 Å². The Kier molecular flexibility index (Phi) is 5.03. The first-order valence-electron chi connectivity index (χ1n) is 10.00. The SMILES string of the molecule is Cc1cc(C)n(-c2cccc(NC(=O)c3cn(C)nc3C3CCCCC3)c2)n1. The number of benzene rings is 1. The molecule has 0 spiro atoms. The summed E-state index contributed by atoms with van der Waals surface area (Å²) in [5, 5.41) is 12.2. The van der Waals surface area contributed by atoms with Crippen molar-refractivity contribution in [2.24, 2.45) is 7.05 Å². The molecule has 1 amide bonds. The van der Waals surface area contributed by atoms with Gasteiger partial charge in [-0.2, -0.15) is 10.2 Å². The molecule has 0 bridgehead atoms. The van der Waals surface area contributed by atoms with Gasteiger partial charge in [0.1, 0.15) is 0 Å². The number of nitrogens with one attached hydrogen (secondary N) is 1. The summed E-state index contributed by atoms with van der Waals surface area (Å²) in [6.07, 6.45) is 7.78. The molecule has 1 aromatic carbocycles. The molecule has 0 radical (unpaired) electrons. The molecule has 6 heteroatoms. The number of hydrogen-bond acceptors (Lipinski definition) is 3. The van der Waals surface area contributed by atoms with Crippen LogP contribution in [0.15, 0.2) is 36.5 Å². The van der Waals surface area contributed by atoms with Gasteiger partial charge in [-0.25, -0.2) is 4.68 Å². The molecule has 1 aliphatic carbocycles. The molecule has 1 fully saturated rings. The highest BCUT2D eigenvalue weighted by atomic mass is 16.1. The van der Waals surface area contributed by atoms with Crippen LogP contribution in [-0.4, -0.2) is 25.5 Å². The summed E-state index contributed by atoms with van der Waals surface area (Å²) >= 11 is 0. The number of rotatable bonds is 4. The van der Waals surface area contributed by atoms with E-state index in [0.717, 1.165) is 41.3 Å². The van der Waals surface area contributed by atoms with Crippen molar-refractivity contribution in [2.45, 2.75) is 51.9 Å². The summed E-state index contributed by atoms with van der Waals surface area (Å²) in [5.74, 6) is 0.288. The van der Waals surface area contributed by atoms with Gasteiger partial charge < -0.3 is 5.32 Å². The predicted octanol–water partition coefficient (Wildman–Crippen LogP) is 4.52. The van der Waals surface area contributed by atoms with Gasteiger partial charge in [-0.3, -0.25) is 9.48 Å². The lowest BCUT2D eigenvalue weighted by Crippen LogP contribution is -2.16. The zero-order chi connectivity index (χ0) is 19.7. The average Bonchev–Trinajstić information content (AvgIpc) is 3.24. The summed E-state index contributed by atoms with van der Waals surface area (Å²) in [4.78, 5) is 13.0. The maximum Gasteiger partial charge on any atom is 0.259 e. The fourth-order valence-electron chi connectivity index (χ4n) is 4.16. The summed E-state index contributed by atoms with van der Waals surface area (Å²) < 4.78 is 3.65. The number of amides is 1. The highest BCUT2D eigenvalue weighted by Gasteiger charge is 2.25. The van der Waals surface area contributed by atoms with Crippen molar-refractivity contribution in [3.63, 3.8) is 0 Å². The molecule has 1 saturated carbocycles. The third-order valence-electron chi connectivity index (χ3n) is 5.45. The number of hydrogen-bond donors (Lipinski definition) is 1. The van der Waals surface area contributed by atoms with Crippen molar-refractivity contribution in [1.82, 2.24) is 19.6 Å². The molecule has 2 heterocycles. The van der Waals surface area contributed by atoms with E-state index in [1.54, 1.807) is 4.68 Å². The fraction of sp³-hybridized carbons (Fsp3) is 0.409. The van der Waals surface area contributed by atoms with Crippen LogP contribution in [0.5, 0.6) is 0 Å². The van der Waals surface area contributed by atoms with E-state index in [1.807, 2.05) is 62.1 Å². The van der Waals surface area contributed by atoms with Gasteiger partial charge in [0.25, 0.3) is 5.91 Å². The molecular formula is C22H27N5O. The maximum atomic E-state index is 13.0. The number of anilines is 1. The molecule has 1 N–H and O–H groups in total. The maximum absolute atomic E-state index is 13.0. The second kappa shape index (κ2) is 7.62. The first-order chi connectivity index (χ1) is 13.5. The largest absolute Gasteiger partial charge is 0.322 e. The molecule has 0 atom stereocenters. The predicted molar refractivity (Wildman–Crippen MR) is 110 cm³/mol. The van der Waals surface area contributed by atoms with Crippen LogP contribution < -0.4 is 5.32 Å². The lowest BCUT2D eigenvalue weighted by Gasteiger charge is -2.20. The van der Waals surface area contributed by atoms with Gasteiger partial charge in [0.2, 0.25) is 0 Å². The van der Waals surface area contributed by atoms with Gasteiger partial charge in [-0.1, -0.05) is 25.3 Å².